The number of allylic oxidation sites excluding steroid dienone is 2. The average Bonchev–Trinajstić information content (AvgIpc) is 3.58. The quantitative estimate of drug-likeness (QED) is 0.494. The summed E-state index contributed by atoms with van der Waals surface area (Å²) in [4.78, 5) is 20.9. The zero-order valence-corrected chi connectivity index (χ0v) is 21.7. The second kappa shape index (κ2) is 11.2. The minimum atomic E-state index is -0.898. The first-order valence-corrected chi connectivity index (χ1v) is 13.5. The molecule has 2 unspecified atom stereocenters. The van der Waals surface area contributed by atoms with Crippen molar-refractivity contribution in [3.8, 4) is 5.75 Å². The van der Waals surface area contributed by atoms with Crippen LogP contribution in [0, 0.1) is 17.7 Å². The van der Waals surface area contributed by atoms with Crippen molar-refractivity contribution in [1.82, 2.24) is 15.0 Å². The molecule has 1 amide bonds. The maximum absolute atomic E-state index is 14.9. The van der Waals surface area contributed by atoms with Crippen molar-refractivity contribution in [2.45, 2.75) is 64.5 Å². The molecule has 0 bridgehead atoms. The van der Waals surface area contributed by atoms with E-state index >= 15 is 0 Å². The summed E-state index contributed by atoms with van der Waals surface area (Å²) in [5, 5.41) is 4.04. The predicted octanol–water partition coefficient (Wildman–Crippen LogP) is 5.38. The lowest BCUT2D eigenvalue weighted by atomic mass is 9.86. The van der Waals surface area contributed by atoms with Gasteiger partial charge in [0.15, 0.2) is 17.4 Å². The third-order valence-corrected chi connectivity index (χ3v) is 7.81. The Balaban J connectivity index is 1.10. The number of piperidine rings is 1. The third-order valence-electron chi connectivity index (χ3n) is 7.81. The van der Waals surface area contributed by atoms with Crippen LogP contribution in [0.25, 0.3) is 5.57 Å². The Hall–Kier alpha value is -2.97. The van der Waals surface area contributed by atoms with E-state index in [0.717, 1.165) is 42.9 Å². The van der Waals surface area contributed by atoms with Gasteiger partial charge < -0.3 is 19.1 Å². The second-order valence-corrected chi connectivity index (χ2v) is 10.8. The van der Waals surface area contributed by atoms with E-state index in [0.29, 0.717) is 50.8 Å². The van der Waals surface area contributed by atoms with Gasteiger partial charge in [0.25, 0.3) is 0 Å². The summed E-state index contributed by atoms with van der Waals surface area (Å²) in [6.45, 7) is 6.87. The van der Waals surface area contributed by atoms with Gasteiger partial charge in [0.05, 0.1) is 13.2 Å². The highest BCUT2D eigenvalue weighted by Crippen LogP contribution is 2.34. The predicted molar refractivity (Wildman–Crippen MR) is 137 cm³/mol. The molecule has 3 aliphatic rings. The van der Waals surface area contributed by atoms with Gasteiger partial charge in [0.1, 0.15) is 6.17 Å². The number of amides is 1. The minimum Gasteiger partial charge on any atom is -0.490 e. The zero-order chi connectivity index (χ0) is 25.9. The Morgan fingerprint density at radius 2 is 2.00 bits per heavy atom. The standard InChI is InChI=1S/C28H36F2N4O3/c1-18(2)26-31-28(37-32-26)33-12-9-19(10-13-33)17-36-25-8-7-22(15-24(25)30)20-3-5-21(6-4-20)27(35)34-14-11-23(29)16-34/h3,7-8,15,18-19,21,23H,4-6,9-14,16-17H2,1-2H3. The number of anilines is 1. The van der Waals surface area contributed by atoms with Gasteiger partial charge in [-0.15, -0.1) is 0 Å². The molecule has 0 N–H and O–H groups in total. The molecular formula is C28H36F2N4O3. The normalized spacial score (nSPS) is 23.0. The van der Waals surface area contributed by atoms with E-state index in [2.05, 4.69) is 15.0 Å². The topological polar surface area (TPSA) is 71.7 Å². The van der Waals surface area contributed by atoms with Crippen LogP contribution in [0.15, 0.2) is 28.8 Å². The van der Waals surface area contributed by atoms with Crippen molar-refractivity contribution >= 4 is 17.5 Å². The third kappa shape index (κ3) is 5.96. The number of halogens is 2. The Morgan fingerprint density at radius 1 is 1.19 bits per heavy atom. The lowest BCUT2D eigenvalue weighted by Gasteiger charge is -2.30. The monoisotopic (exact) mass is 514 g/mol. The molecule has 200 valence electrons. The molecule has 37 heavy (non-hydrogen) atoms. The molecule has 0 saturated carbocycles. The number of alkyl halides is 1. The van der Waals surface area contributed by atoms with Crippen molar-refractivity contribution in [3.63, 3.8) is 0 Å². The highest BCUT2D eigenvalue weighted by Gasteiger charge is 2.31. The molecule has 2 saturated heterocycles. The van der Waals surface area contributed by atoms with Crippen LogP contribution in [0.1, 0.15) is 69.7 Å². The molecule has 0 spiro atoms. The highest BCUT2D eigenvalue weighted by atomic mass is 19.1. The number of nitrogens with zero attached hydrogens (tertiary/aromatic N) is 4. The molecule has 1 aliphatic carbocycles. The second-order valence-electron chi connectivity index (χ2n) is 10.8. The average molecular weight is 515 g/mol. The highest BCUT2D eigenvalue weighted by molar-refractivity contribution is 5.81. The van der Waals surface area contributed by atoms with Gasteiger partial charge in [-0.3, -0.25) is 4.79 Å². The van der Waals surface area contributed by atoms with Crippen LogP contribution >= 0.6 is 0 Å². The van der Waals surface area contributed by atoms with E-state index in [9.17, 15) is 13.6 Å². The molecule has 7 nitrogen and oxygen atoms in total. The van der Waals surface area contributed by atoms with Crippen LogP contribution in [0.5, 0.6) is 5.75 Å². The van der Waals surface area contributed by atoms with E-state index in [-0.39, 0.29) is 35.9 Å². The molecule has 1 aromatic carbocycles. The maximum atomic E-state index is 14.9. The summed E-state index contributed by atoms with van der Waals surface area (Å²) < 4.78 is 39.6. The number of rotatable bonds is 7. The number of hydrogen-bond acceptors (Lipinski definition) is 6. The Kier molecular flexibility index (Phi) is 7.76. The summed E-state index contributed by atoms with van der Waals surface area (Å²) >= 11 is 0. The molecule has 3 heterocycles. The van der Waals surface area contributed by atoms with Crippen LogP contribution in [-0.2, 0) is 4.79 Å². The lowest BCUT2D eigenvalue weighted by Crippen LogP contribution is -2.35. The number of benzene rings is 1. The Morgan fingerprint density at radius 3 is 2.62 bits per heavy atom. The first kappa shape index (κ1) is 25.7. The molecule has 1 aromatic heterocycles. The minimum absolute atomic E-state index is 0.0496. The van der Waals surface area contributed by atoms with Crippen molar-refractivity contribution in [1.29, 1.82) is 0 Å². The van der Waals surface area contributed by atoms with Gasteiger partial charge in [0, 0.05) is 31.5 Å². The zero-order valence-electron chi connectivity index (χ0n) is 21.7. The first-order chi connectivity index (χ1) is 17.9. The molecule has 9 heteroatoms. The number of hydrogen-bond donors (Lipinski definition) is 0. The van der Waals surface area contributed by atoms with Gasteiger partial charge >= 0.3 is 6.01 Å². The number of likely N-dealkylation sites (tertiary alicyclic amines) is 1. The van der Waals surface area contributed by atoms with E-state index in [1.54, 1.807) is 11.0 Å². The molecule has 0 radical (unpaired) electrons. The van der Waals surface area contributed by atoms with Gasteiger partial charge in [-0.1, -0.05) is 31.1 Å². The molecule has 2 aromatic rings. The number of aromatic nitrogens is 2. The van der Waals surface area contributed by atoms with E-state index in [4.69, 9.17) is 9.26 Å². The summed E-state index contributed by atoms with van der Waals surface area (Å²) in [6.07, 6.45) is 5.42. The van der Waals surface area contributed by atoms with Crippen LogP contribution < -0.4 is 9.64 Å². The largest absolute Gasteiger partial charge is 0.490 e. The summed E-state index contributed by atoms with van der Waals surface area (Å²) in [7, 11) is 0. The fraction of sp³-hybridized carbons (Fsp3) is 0.607. The number of carbonyl (C=O) groups excluding carboxylic acids is 1. The van der Waals surface area contributed by atoms with Crippen molar-refractivity contribution in [3.05, 3.63) is 41.5 Å². The van der Waals surface area contributed by atoms with E-state index in [1.807, 2.05) is 26.0 Å². The summed E-state index contributed by atoms with van der Waals surface area (Å²) in [5.41, 5.74) is 1.88. The fourth-order valence-electron chi connectivity index (χ4n) is 5.40. The molecule has 2 fully saturated rings. The van der Waals surface area contributed by atoms with E-state index in [1.165, 1.54) is 6.07 Å². The summed E-state index contributed by atoms with van der Waals surface area (Å²) in [6, 6.07) is 5.70. The van der Waals surface area contributed by atoms with Gasteiger partial charge in [-0.2, -0.15) is 4.98 Å². The fourth-order valence-corrected chi connectivity index (χ4v) is 5.40. The molecular weight excluding hydrogens is 478 g/mol. The van der Waals surface area contributed by atoms with Gasteiger partial charge in [-0.05, 0) is 67.7 Å². The smallest absolute Gasteiger partial charge is 0.324 e. The van der Waals surface area contributed by atoms with Crippen LogP contribution in [-0.4, -0.2) is 59.9 Å². The Labute approximate surface area is 216 Å². The lowest BCUT2D eigenvalue weighted by molar-refractivity contribution is -0.134. The van der Waals surface area contributed by atoms with Gasteiger partial charge in [0.2, 0.25) is 5.91 Å². The molecule has 5 rings (SSSR count). The van der Waals surface area contributed by atoms with Gasteiger partial charge in [-0.25, -0.2) is 8.78 Å². The molecule has 2 aliphatic heterocycles. The van der Waals surface area contributed by atoms with Crippen molar-refractivity contribution < 1.29 is 22.8 Å². The van der Waals surface area contributed by atoms with Crippen molar-refractivity contribution in [2.24, 2.45) is 11.8 Å². The van der Waals surface area contributed by atoms with Crippen molar-refractivity contribution in [2.75, 3.05) is 37.7 Å². The maximum Gasteiger partial charge on any atom is 0.324 e. The van der Waals surface area contributed by atoms with E-state index < -0.39 is 6.17 Å². The SMILES string of the molecule is CC(C)c1noc(N2CCC(COc3ccc(C4=CCC(C(=O)N5CCC(F)C5)CC4)cc3F)CC2)n1. The molecule has 2 atom stereocenters. The number of ether oxygens (including phenoxy) is 1. The summed E-state index contributed by atoms with van der Waals surface area (Å²) in [5.74, 6) is 1.12. The van der Waals surface area contributed by atoms with Crippen LogP contribution in [0.2, 0.25) is 0 Å². The Bertz CT molecular complexity index is 1130. The van der Waals surface area contributed by atoms with Crippen LogP contribution in [0.4, 0.5) is 14.8 Å². The number of carbonyl (C=O) groups is 1. The van der Waals surface area contributed by atoms with Crippen LogP contribution in [0.3, 0.4) is 0 Å². The first-order valence-electron chi connectivity index (χ1n) is 13.5.